The maximum absolute atomic E-state index is 13.0. The van der Waals surface area contributed by atoms with Crippen molar-refractivity contribution in [2.75, 3.05) is 31.5 Å². The first-order chi connectivity index (χ1) is 15.8. The molecule has 2 aliphatic rings. The summed E-state index contributed by atoms with van der Waals surface area (Å²) >= 11 is 6.14. The first kappa shape index (κ1) is 23.7. The third-order valence-corrected chi connectivity index (χ3v) is 8.49. The predicted octanol–water partition coefficient (Wildman–Crippen LogP) is 3.92. The summed E-state index contributed by atoms with van der Waals surface area (Å²) in [6.45, 7) is 3.86. The van der Waals surface area contributed by atoms with Crippen molar-refractivity contribution in [2.24, 2.45) is 5.92 Å². The van der Waals surface area contributed by atoms with Crippen molar-refractivity contribution >= 4 is 39.1 Å². The van der Waals surface area contributed by atoms with Gasteiger partial charge in [-0.1, -0.05) is 29.3 Å². The van der Waals surface area contributed by atoms with Crippen LogP contribution in [0.3, 0.4) is 0 Å². The zero-order valence-corrected chi connectivity index (χ0v) is 20.2. The minimum absolute atomic E-state index is 0.113. The molecular formula is C24H28ClN3O4S. The fourth-order valence-corrected chi connectivity index (χ4v) is 5.99. The van der Waals surface area contributed by atoms with Crippen LogP contribution >= 0.6 is 11.6 Å². The van der Waals surface area contributed by atoms with Crippen LogP contribution in [-0.2, 0) is 14.8 Å². The number of nitrogens with zero attached hydrogens (tertiary/aromatic N) is 2. The van der Waals surface area contributed by atoms with Gasteiger partial charge >= 0.3 is 0 Å². The van der Waals surface area contributed by atoms with Gasteiger partial charge in [-0.3, -0.25) is 9.59 Å². The Hall–Kier alpha value is -2.42. The third kappa shape index (κ3) is 5.23. The Morgan fingerprint density at radius 3 is 2.24 bits per heavy atom. The van der Waals surface area contributed by atoms with Crippen molar-refractivity contribution in [1.82, 2.24) is 9.21 Å². The van der Waals surface area contributed by atoms with E-state index < -0.39 is 10.0 Å². The molecule has 7 nitrogen and oxygen atoms in total. The summed E-state index contributed by atoms with van der Waals surface area (Å²) in [6, 6.07) is 11.7. The average molecular weight is 490 g/mol. The number of carbonyl (C=O) groups excluding carboxylic acids is 2. The highest BCUT2D eigenvalue weighted by atomic mass is 35.5. The highest BCUT2D eigenvalue weighted by Gasteiger charge is 2.32. The first-order valence-corrected chi connectivity index (χ1v) is 13.0. The van der Waals surface area contributed by atoms with Gasteiger partial charge < -0.3 is 10.2 Å². The van der Waals surface area contributed by atoms with Crippen molar-refractivity contribution < 1.29 is 18.0 Å². The number of benzene rings is 2. The molecule has 176 valence electrons. The van der Waals surface area contributed by atoms with Crippen molar-refractivity contribution in [2.45, 2.75) is 37.5 Å². The number of piperidine rings is 1. The summed E-state index contributed by atoms with van der Waals surface area (Å²) < 4.78 is 27.3. The van der Waals surface area contributed by atoms with Crippen LogP contribution in [0, 0.1) is 12.8 Å². The van der Waals surface area contributed by atoms with Crippen molar-refractivity contribution in [3.63, 3.8) is 0 Å². The SMILES string of the molecule is Cc1ccc(S(=O)(=O)N2CCC(C(=O)Nc3cc(Cl)ccc3C(=O)N3CCCC3)CC2)cc1. The second kappa shape index (κ2) is 9.83. The Kier molecular flexibility index (Phi) is 7.07. The molecule has 0 aromatic heterocycles. The van der Waals surface area contributed by atoms with E-state index in [-0.39, 0.29) is 35.7 Å². The number of sulfonamides is 1. The number of likely N-dealkylation sites (tertiary alicyclic amines) is 1. The molecule has 0 radical (unpaired) electrons. The summed E-state index contributed by atoms with van der Waals surface area (Å²) in [5, 5.41) is 3.31. The van der Waals surface area contributed by atoms with Crippen molar-refractivity contribution in [3.05, 3.63) is 58.6 Å². The molecule has 2 aromatic carbocycles. The Bertz CT molecular complexity index is 1140. The van der Waals surface area contributed by atoms with Crippen molar-refractivity contribution in [3.8, 4) is 0 Å². The van der Waals surface area contributed by atoms with Crippen LogP contribution in [0.4, 0.5) is 5.69 Å². The maximum Gasteiger partial charge on any atom is 0.255 e. The predicted molar refractivity (Wildman–Crippen MR) is 128 cm³/mol. The molecule has 0 atom stereocenters. The van der Waals surface area contributed by atoms with E-state index in [1.54, 1.807) is 47.4 Å². The first-order valence-electron chi connectivity index (χ1n) is 11.2. The zero-order chi connectivity index (χ0) is 23.6. The normalized spacial score (nSPS) is 17.8. The van der Waals surface area contributed by atoms with Gasteiger partial charge in [0.25, 0.3) is 5.91 Å². The number of hydrogen-bond donors (Lipinski definition) is 1. The number of nitrogens with one attached hydrogen (secondary N) is 1. The molecule has 9 heteroatoms. The average Bonchev–Trinajstić information content (AvgIpc) is 3.34. The van der Waals surface area contributed by atoms with Crippen LogP contribution in [0.1, 0.15) is 41.6 Å². The molecule has 2 fully saturated rings. The minimum Gasteiger partial charge on any atom is -0.339 e. The lowest BCUT2D eigenvalue weighted by Gasteiger charge is -2.30. The van der Waals surface area contributed by atoms with Crippen molar-refractivity contribution in [1.29, 1.82) is 0 Å². The lowest BCUT2D eigenvalue weighted by molar-refractivity contribution is -0.120. The number of hydrogen-bond acceptors (Lipinski definition) is 4. The molecule has 2 saturated heterocycles. The van der Waals surface area contributed by atoms with E-state index in [0.717, 1.165) is 18.4 Å². The fourth-order valence-electron chi connectivity index (χ4n) is 4.35. The van der Waals surface area contributed by atoms with Gasteiger partial charge in [0.2, 0.25) is 15.9 Å². The Balaban J connectivity index is 1.42. The second-order valence-electron chi connectivity index (χ2n) is 8.67. The lowest BCUT2D eigenvalue weighted by atomic mass is 9.97. The molecular weight excluding hydrogens is 462 g/mol. The van der Waals surface area contributed by atoms with Gasteiger partial charge in [-0.2, -0.15) is 4.31 Å². The number of halogens is 1. The van der Waals surface area contributed by atoms with Gasteiger partial charge in [0.05, 0.1) is 16.1 Å². The number of anilines is 1. The van der Waals surface area contributed by atoms with E-state index in [9.17, 15) is 18.0 Å². The van der Waals surface area contributed by atoms with Gasteiger partial charge in [-0.25, -0.2) is 8.42 Å². The molecule has 2 heterocycles. The largest absolute Gasteiger partial charge is 0.339 e. The number of rotatable bonds is 5. The van der Waals surface area contributed by atoms with Gasteiger partial charge in [0.1, 0.15) is 0 Å². The number of carbonyl (C=O) groups is 2. The Morgan fingerprint density at radius 1 is 0.970 bits per heavy atom. The molecule has 2 amide bonds. The molecule has 0 aliphatic carbocycles. The zero-order valence-electron chi connectivity index (χ0n) is 18.6. The van der Waals surface area contributed by atoms with Gasteiger partial charge in [-0.05, 0) is 62.9 Å². The Morgan fingerprint density at radius 2 is 1.61 bits per heavy atom. The van der Waals surface area contributed by atoms with E-state index in [1.165, 1.54) is 4.31 Å². The molecule has 33 heavy (non-hydrogen) atoms. The maximum atomic E-state index is 13.0. The van der Waals surface area contributed by atoms with E-state index in [2.05, 4.69) is 5.32 Å². The summed E-state index contributed by atoms with van der Waals surface area (Å²) in [4.78, 5) is 27.9. The molecule has 0 spiro atoms. The highest BCUT2D eigenvalue weighted by Crippen LogP contribution is 2.28. The van der Waals surface area contributed by atoms with E-state index >= 15 is 0 Å². The molecule has 0 bridgehead atoms. The monoisotopic (exact) mass is 489 g/mol. The fraction of sp³-hybridized carbons (Fsp3) is 0.417. The third-order valence-electron chi connectivity index (χ3n) is 6.35. The van der Waals surface area contributed by atoms with Crippen LogP contribution in [0.5, 0.6) is 0 Å². The molecule has 2 aromatic rings. The molecule has 1 N–H and O–H groups in total. The quantitative estimate of drug-likeness (QED) is 0.689. The van der Waals surface area contributed by atoms with Crippen LogP contribution in [0.15, 0.2) is 47.4 Å². The second-order valence-corrected chi connectivity index (χ2v) is 11.0. The molecule has 2 aliphatic heterocycles. The lowest BCUT2D eigenvalue weighted by Crippen LogP contribution is -2.41. The van der Waals surface area contributed by atoms with Crippen LogP contribution < -0.4 is 5.32 Å². The van der Waals surface area contributed by atoms with E-state index in [1.807, 2.05) is 6.92 Å². The summed E-state index contributed by atoms with van der Waals surface area (Å²) in [7, 11) is -3.59. The molecule has 0 saturated carbocycles. The van der Waals surface area contributed by atoms with Gasteiger partial charge in [0.15, 0.2) is 0 Å². The summed E-state index contributed by atoms with van der Waals surface area (Å²) in [5.41, 5.74) is 1.82. The summed E-state index contributed by atoms with van der Waals surface area (Å²) in [6.07, 6.45) is 2.77. The van der Waals surface area contributed by atoms with E-state index in [0.29, 0.717) is 42.2 Å². The topological polar surface area (TPSA) is 86.8 Å². The Labute approximate surface area is 199 Å². The molecule has 4 rings (SSSR count). The van der Waals surface area contributed by atoms with Gasteiger partial charge in [-0.15, -0.1) is 0 Å². The van der Waals surface area contributed by atoms with Crippen LogP contribution in [0.25, 0.3) is 0 Å². The highest BCUT2D eigenvalue weighted by molar-refractivity contribution is 7.89. The number of amides is 2. The standard InChI is InChI=1S/C24H28ClN3O4S/c1-17-4-7-20(8-5-17)33(31,32)28-14-10-18(11-15-28)23(29)26-22-16-19(25)6-9-21(22)24(30)27-12-2-3-13-27/h4-9,16,18H,2-3,10-15H2,1H3,(H,26,29). The molecule has 0 unspecified atom stereocenters. The minimum atomic E-state index is -3.59. The summed E-state index contributed by atoms with van der Waals surface area (Å²) in [5.74, 6) is -0.679. The van der Waals surface area contributed by atoms with Gasteiger partial charge in [0, 0.05) is 37.1 Å². The van der Waals surface area contributed by atoms with E-state index in [4.69, 9.17) is 11.6 Å². The van der Waals surface area contributed by atoms with Crippen LogP contribution in [-0.4, -0.2) is 55.6 Å². The van der Waals surface area contributed by atoms with Crippen LogP contribution in [0.2, 0.25) is 5.02 Å². The smallest absolute Gasteiger partial charge is 0.255 e. The number of aryl methyl sites for hydroxylation is 1.